The normalized spacial score (nSPS) is 10.4. The zero-order chi connectivity index (χ0) is 19.9. The quantitative estimate of drug-likeness (QED) is 0.657. The molecule has 0 saturated carbocycles. The molecule has 3 aromatic rings. The highest BCUT2D eigenvalue weighted by atomic mass is 35.5. The van der Waals surface area contributed by atoms with Crippen LogP contribution in [0, 0.1) is 6.92 Å². The topological polar surface area (TPSA) is 71.1 Å². The first-order valence-corrected chi connectivity index (χ1v) is 9.26. The van der Waals surface area contributed by atoms with Gasteiger partial charge < -0.3 is 10.6 Å². The molecule has 0 atom stereocenters. The number of anilines is 1. The maximum atomic E-state index is 12.5. The lowest BCUT2D eigenvalue weighted by Crippen LogP contribution is -2.27. The number of nitrogens with zero attached hydrogens (tertiary/aromatic N) is 1. The van der Waals surface area contributed by atoms with E-state index < -0.39 is 0 Å². The van der Waals surface area contributed by atoms with Crippen LogP contribution in [-0.4, -0.2) is 23.3 Å². The zero-order valence-corrected chi connectivity index (χ0v) is 16.2. The molecule has 2 amide bonds. The molecule has 0 bridgehead atoms. The Morgan fingerprint density at radius 3 is 2.54 bits per heavy atom. The lowest BCUT2D eigenvalue weighted by molar-refractivity contribution is 0.0949. The van der Waals surface area contributed by atoms with Crippen LogP contribution in [0.3, 0.4) is 0 Å². The number of nitrogens with one attached hydrogen (secondary N) is 2. The summed E-state index contributed by atoms with van der Waals surface area (Å²) in [5, 5.41) is 6.26. The summed E-state index contributed by atoms with van der Waals surface area (Å²) in [5.74, 6) is -0.626. The van der Waals surface area contributed by atoms with Crippen molar-refractivity contribution in [1.82, 2.24) is 10.3 Å². The van der Waals surface area contributed by atoms with Gasteiger partial charge in [0.05, 0.1) is 0 Å². The molecular weight excluding hydrogens is 374 g/mol. The Hall–Kier alpha value is -3.18. The number of rotatable bonds is 6. The van der Waals surface area contributed by atoms with Gasteiger partial charge in [0.2, 0.25) is 0 Å². The summed E-state index contributed by atoms with van der Waals surface area (Å²) < 4.78 is 0. The predicted molar refractivity (Wildman–Crippen MR) is 111 cm³/mol. The Morgan fingerprint density at radius 1 is 1.00 bits per heavy atom. The van der Waals surface area contributed by atoms with Gasteiger partial charge in [-0.2, -0.15) is 0 Å². The molecule has 2 N–H and O–H groups in total. The van der Waals surface area contributed by atoms with Crippen LogP contribution in [0.4, 0.5) is 5.69 Å². The number of carbonyl (C=O) groups is 2. The van der Waals surface area contributed by atoms with Crippen molar-refractivity contribution in [3.63, 3.8) is 0 Å². The van der Waals surface area contributed by atoms with E-state index in [1.165, 1.54) is 12.3 Å². The molecule has 0 fully saturated rings. The summed E-state index contributed by atoms with van der Waals surface area (Å²) >= 11 is 5.94. The highest BCUT2D eigenvalue weighted by molar-refractivity contribution is 6.30. The van der Waals surface area contributed by atoms with E-state index in [4.69, 9.17) is 11.6 Å². The summed E-state index contributed by atoms with van der Waals surface area (Å²) in [6, 6.07) is 18.2. The van der Waals surface area contributed by atoms with E-state index >= 15 is 0 Å². The van der Waals surface area contributed by atoms with E-state index in [0.717, 1.165) is 17.5 Å². The van der Waals surface area contributed by atoms with Gasteiger partial charge in [-0.05, 0) is 54.8 Å². The number of aromatic nitrogens is 1. The zero-order valence-electron chi connectivity index (χ0n) is 15.4. The Bertz CT molecular complexity index is 990. The number of pyridine rings is 1. The second kappa shape index (κ2) is 9.15. The summed E-state index contributed by atoms with van der Waals surface area (Å²) in [6.45, 7) is 2.35. The fraction of sp³-hybridized carbons (Fsp3) is 0.136. The van der Waals surface area contributed by atoms with Crippen molar-refractivity contribution in [3.05, 3.63) is 94.3 Å². The van der Waals surface area contributed by atoms with Crippen molar-refractivity contribution in [3.8, 4) is 0 Å². The van der Waals surface area contributed by atoms with Gasteiger partial charge >= 0.3 is 0 Å². The van der Waals surface area contributed by atoms with Gasteiger partial charge in [-0.3, -0.25) is 14.6 Å². The summed E-state index contributed by atoms with van der Waals surface area (Å²) in [7, 11) is 0. The van der Waals surface area contributed by atoms with Crippen LogP contribution < -0.4 is 10.6 Å². The molecular formula is C22H20ClN3O2. The maximum Gasteiger partial charge on any atom is 0.269 e. The Morgan fingerprint density at radius 2 is 1.79 bits per heavy atom. The highest BCUT2D eigenvalue weighted by Crippen LogP contribution is 2.20. The van der Waals surface area contributed by atoms with Gasteiger partial charge in [0.25, 0.3) is 11.8 Å². The van der Waals surface area contributed by atoms with E-state index in [1.807, 2.05) is 37.3 Å². The summed E-state index contributed by atoms with van der Waals surface area (Å²) in [4.78, 5) is 28.9. The van der Waals surface area contributed by atoms with Gasteiger partial charge in [-0.1, -0.05) is 41.9 Å². The van der Waals surface area contributed by atoms with Crippen LogP contribution in [0.15, 0.2) is 66.9 Å². The molecule has 6 heteroatoms. The van der Waals surface area contributed by atoms with Gasteiger partial charge in [0.15, 0.2) is 0 Å². The lowest BCUT2D eigenvalue weighted by atomic mass is 10.1. The molecule has 5 nitrogen and oxygen atoms in total. The molecule has 0 unspecified atom stereocenters. The molecule has 1 aromatic heterocycles. The first kappa shape index (κ1) is 19.6. The second-order valence-electron chi connectivity index (χ2n) is 6.33. The van der Waals surface area contributed by atoms with E-state index in [-0.39, 0.29) is 17.5 Å². The molecule has 3 rings (SSSR count). The minimum Gasteiger partial charge on any atom is -0.350 e. The van der Waals surface area contributed by atoms with Crippen LogP contribution in [0.1, 0.15) is 32.0 Å². The second-order valence-corrected chi connectivity index (χ2v) is 6.77. The monoisotopic (exact) mass is 393 g/mol. The van der Waals surface area contributed by atoms with Crippen molar-refractivity contribution >= 4 is 29.1 Å². The van der Waals surface area contributed by atoms with Crippen molar-refractivity contribution in [2.24, 2.45) is 0 Å². The first-order chi connectivity index (χ1) is 13.5. The number of halogens is 1. The average molecular weight is 394 g/mol. The van der Waals surface area contributed by atoms with Crippen LogP contribution in [0.5, 0.6) is 0 Å². The highest BCUT2D eigenvalue weighted by Gasteiger charge is 2.13. The van der Waals surface area contributed by atoms with Crippen LogP contribution in [-0.2, 0) is 6.42 Å². The van der Waals surface area contributed by atoms with Gasteiger partial charge in [0.1, 0.15) is 5.69 Å². The Kier molecular flexibility index (Phi) is 6.40. The van der Waals surface area contributed by atoms with Crippen molar-refractivity contribution in [1.29, 1.82) is 0 Å². The number of hydrogen-bond acceptors (Lipinski definition) is 3. The Labute approximate surface area is 168 Å². The first-order valence-electron chi connectivity index (χ1n) is 8.88. The maximum absolute atomic E-state index is 12.5. The Balaban J connectivity index is 1.62. The number of benzene rings is 2. The minimum atomic E-state index is -0.314. The third-order valence-corrected chi connectivity index (χ3v) is 4.47. The smallest absolute Gasteiger partial charge is 0.269 e. The molecule has 1 heterocycles. The van der Waals surface area contributed by atoms with Gasteiger partial charge in [-0.15, -0.1) is 0 Å². The fourth-order valence-electron chi connectivity index (χ4n) is 2.71. The van der Waals surface area contributed by atoms with Crippen LogP contribution >= 0.6 is 11.6 Å². The minimum absolute atomic E-state index is 0.202. The van der Waals surface area contributed by atoms with E-state index in [1.54, 1.807) is 24.3 Å². The molecule has 0 spiro atoms. The van der Waals surface area contributed by atoms with Gasteiger partial charge in [-0.25, -0.2) is 0 Å². The lowest BCUT2D eigenvalue weighted by Gasteiger charge is -2.10. The third-order valence-electron chi connectivity index (χ3n) is 4.23. The van der Waals surface area contributed by atoms with E-state index in [9.17, 15) is 9.59 Å². The van der Waals surface area contributed by atoms with E-state index in [0.29, 0.717) is 22.8 Å². The predicted octanol–water partition coefficient (Wildman–Crippen LogP) is 4.27. The van der Waals surface area contributed by atoms with Crippen molar-refractivity contribution in [2.45, 2.75) is 13.3 Å². The molecule has 0 aliphatic heterocycles. The SMILES string of the molecule is Cc1cc(Cl)ccc1NC(=O)c1ccnc(C(=O)NCCc2ccccc2)c1. The number of amides is 2. The molecule has 0 aliphatic carbocycles. The largest absolute Gasteiger partial charge is 0.350 e. The van der Waals surface area contributed by atoms with Crippen LogP contribution in [0.25, 0.3) is 0 Å². The summed E-state index contributed by atoms with van der Waals surface area (Å²) in [6.07, 6.45) is 2.18. The number of carbonyl (C=O) groups excluding carboxylic acids is 2. The molecule has 28 heavy (non-hydrogen) atoms. The van der Waals surface area contributed by atoms with Crippen molar-refractivity contribution < 1.29 is 9.59 Å². The third kappa shape index (κ3) is 5.18. The molecule has 142 valence electrons. The van der Waals surface area contributed by atoms with Gasteiger partial charge in [0, 0.05) is 29.0 Å². The average Bonchev–Trinajstić information content (AvgIpc) is 2.71. The number of hydrogen-bond donors (Lipinski definition) is 2. The number of aryl methyl sites for hydroxylation is 1. The molecule has 0 saturated heterocycles. The molecule has 0 radical (unpaired) electrons. The standard InChI is InChI=1S/C22H20ClN3O2/c1-15-13-18(23)7-8-19(15)26-21(27)17-10-12-24-20(14-17)22(28)25-11-9-16-5-3-2-4-6-16/h2-8,10,12-14H,9,11H2,1H3,(H,25,28)(H,26,27). The molecule has 2 aromatic carbocycles. The van der Waals surface area contributed by atoms with E-state index in [2.05, 4.69) is 15.6 Å². The summed E-state index contributed by atoms with van der Waals surface area (Å²) in [5.41, 5.74) is 3.22. The molecule has 0 aliphatic rings. The van der Waals surface area contributed by atoms with Crippen molar-refractivity contribution in [2.75, 3.05) is 11.9 Å². The fourth-order valence-corrected chi connectivity index (χ4v) is 2.94. The van der Waals surface area contributed by atoms with Crippen LogP contribution in [0.2, 0.25) is 5.02 Å².